The van der Waals surface area contributed by atoms with Crippen molar-refractivity contribution in [1.82, 2.24) is 9.80 Å². The maximum absolute atomic E-state index is 13.2. The van der Waals surface area contributed by atoms with Crippen LogP contribution in [0.1, 0.15) is 81.0 Å². The third kappa shape index (κ3) is 2.73. The average molecular weight is 402 g/mol. The van der Waals surface area contributed by atoms with E-state index in [0.717, 1.165) is 30.6 Å². The first-order chi connectivity index (χ1) is 14.4. The van der Waals surface area contributed by atoms with Gasteiger partial charge in [-0.05, 0) is 37.6 Å². The van der Waals surface area contributed by atoms with Crippen molar-refractivity contribution in [2.24, 2.45) is 0 Å². The molecule has 0 unspecified atom stereocenters. The van der Waals surface area contributed by atoms with Crippen LogP contribution in [0, 0.1) is 12.3 Å². The second kappa shape index (κ2) is 7.42. The van der Waals surface area contributed by atoms with Gasteiger partial charge in [0, 0.05) is 39.1 Å². The van der Waals surface area contributed by atoms with Gasteiger partial charge in [0.25, 0.3) is 23.6 Å². The zero-order valence-electron chi connectivity index (χ0n) is 17.0. The Kier molecular flexibility index (Phi) is 4.90. The number of carbonyl (C=O) groups excluding carboxylic acids is 4. The number of nitrogens with zero attached hydrogens (tertiary/aromatic N) is 2. The summed E-state index contributed by atoms with van der Waals surface area (Å²) in [6, 6.07) is 6.02. The number of hydrogen-bond donors (Lipinski definition) is 0. The highest BCUT2D eigenvalue weighted by Crippen LogP contribution is 2.38. The van der Waals surface area contributed by atoms with Crippen molar-refractivity contribution in [1.29, 1.82) is 0 Å². The predicted octanol–water partition coefficient (Wildman–Crippen LogP) is 3.63. The molecule has 0 radical (unpaired) electrons. The highest BCUT2D eigenvalue weighted by atomic mass is 16.2. The molecular weight excluding hydrogens is 380 g/mol. The Morgan fingerprint density at radius 1 is 0.833 bits per heavy atom. The van der Waals surface area contributed by atoms with Gasteiger partial charge in [-0.15, -0.1) is 6.42 Å². The molecule has 2 aromatic carbocycles. The first kappa shape index (κ1) is 19.8. The maximum Gasteiger partial charge on any atom is 0.262 e. The van der Waals surface area contributed by atoms with Crippen molar-refractivity contribution < 1.29 is 19.2 Å². The van der Waals surface area contributed by atoms with Crippen molar-refractivity contribution in [2.75, 3.05) is 6.54 Å². The minimum atomic E-state index is -0.510. The quantitative estimate of drug-likeness (QED) is 0.420. The van der Waals surface area contributed by atoms with E-state index in [0.29, 0.717) is 21.9 Å². The number of unbranched alkanes of at least 4 members (excludes halogenated alkanes) is 2. The number of hydrogen-bond acceptors (Lipinski definition) is 4. The molecule has 2 aromatic rings. The third-order valence-corrected chi connectivity index (χ3v) is 5.93. The molecule has 2 heterocycles. The van der Waals surface area contributed by atoms with Gasteiger partial charge in [-0.25, -0.2) is 0 Å². The van der Waals surface area contributed by atoms with E-state index in [4.69, 9.17) is 6.42 Å². The van der Waals surface area contributed by atoms with Gasteiger partial charge >= 0.3 is 0 Å². The molecule has 6 heteroatoms. The molecule has 4 rings (SSSR count). The minimum Gasteiger partial charge on any atom is -0.272 e. The summed E-state index contributed by atoms with van der Waals surface area (Å²) in [5, 5.41) is 0.757. The fourth-order valence-electron chi connectivity index (χ4n) is 4.40. The van der Waals surface area contributed by atoms with Crippen molar-refractivity contribution >= 4 is 34.4 Å². The summed E-state index contributed by atoms with van der Waals surface area (Å²) in [4.78, 5) is 54.5. The lowest BCUT2D eigenvalue weighted by Gasteiger charge is -2.34. The molecule has 4 amide bonds. The summed E-state index contributed by atoms with van der Waals surface area (Å²) in [6.45, 7) is 3.85. The van der Waals surface area contributed by atoms with E-state index in [2.05, 4.69) is 12.8 Å². The van der Waals surface area contributed by atoms with Crippen LogP contribution in [0.2, 0.25) is 0 Å². The molecule has 0 spiro atoms. The molecule has 0 aromatic heterocycles. The van der Waals surface area contributed by atoms with Gasteiger partial charge in [0.1, 0.15) is 0 Å². The van der Waals surface area contributed by atoms with Crippen LogP contribution < -0.4 is 0 Å². The molecule has 152 valence electrons. The average Bonchev–Trinajstić information content (AvgIpc) is 2.73. The minimum absolute atomic E-state index is 0.136. The van der Waals surface area contributed by atoms with Crippen LogP contribution in [0.5, 0.6) is 0 Å². The molecule has 0 fully saturated rings. The first-order valence-electron chi connectivity index (χ1n) is 10.2. The van der Waals surface area contributed by atoms with Crippen LogP contribution in [-0.2, 0) is 0 Å². The molecule has 1 atom stereocenters. The lowest BCUT2D eigenvalue weighted by atomic mass is 9.85. The van der Waals surface area contributed by atoms with Crippen LogP contribution in [0.25, 0.3) is 10.8 Å². The topological polar surface area (TPSA) is 74.8 Å². The summed E-state index contributed by atoms with van der Waals surface area (Å²) >= 11 is 0. The van der Waals surface area contributed by atoms with Crippen LogP contribution in [0.4, 0.5) is 0 Å². The van der Waals surface area contributed by atoms with Gasteiger partial charge in [0.05, 0.1) is 6.54 Å². The highest BCUT2D eigenvalue weighted by molar-refractivity contribution is 6.33. The van der Waals surface area contributed by atoms with Crippen LogP contribution in [-0.4, -0.2) is 46.0 Å². The van der Waals surface area contributed by atoms with Crippen LogP contribution >= 0.6 is 0 Å². The lowest BCUT2D eigenvalue weighted by Crippen LogP contribution is -2.46. The summed E-state index contributed by atoms with van der Waals surface area (Å²) in [5.74, 6) is 0.543. The molecule has 0 bridgehead atoms. The fraction of sp³-hybridized carbons (Fsp3) is 0.333. The zero-order valence-corrected chi connectivity index (χ0v) is 17.0. The van der Waals surface area contributed by atoms with Gasteiger partial charge in [-0.2, -0.15) is 0 Å². The number of carbonyl (C=O) groups is 4. The summed E-state index contributed by atoms with van der Waals surface area (Å²) in [7, 11) is 0. The van der Waals surface area contributed by atoms with Gasteiger partial charge in [0.15, 0.2) is 0 Å². The van der Waals surface area contributed by atoms with Crippen LogP contribution in [0.3, 0.4) is 0 Å². The Hall–Kier alpha value is -3.46. The molecule has 0 saturated carbocycles. The number of amides is 4. The predicted molar refractivity (Wildman–Crippen MR) is 112 cm³/mol. The van der Waals surface area contributed by atoms with E-state index in [9.17, 15) is 19.2 Å². The van der Waals surface area contributed by atoms with Crippen molar-refractivity contribution in [2.45, 2.75) is 45.6 Å². The highest BCUT2D eigenvalue weighted by Gasteiger charge is 2.40. The Morgan fingerprint density at radius 2 is 1.30 bits per heavy atom. The number of rotatable bonds is 6. The lowest BCUT2D eigenvalue weighted by molar-refractivity contribution is 0.0537. The fourth-order valence-corrected chi connectivity index (χ4v) is 4.40. The van der Waals surface area contributed by atoms with E-state index in [1.54, 1.807) is 24.3 Å². The van der Waals surface area contributed by atoms with E-state index in [1.165, 1.54) is 4.90 Å². The van der Waals surface area contributed by atoms with Crippen molar-refractivity contribution in [3.05, 3.63) is 46.5 Å². The molecule has 0 aliphatic carbocycles. The third-order valence-electron chi connectivity index (χ3n) is 5.93. The largest absolute Gasteiger partial charge is 0.272 e. The van der Waals surface area contributed by atoms with E-state index >= 15 is 0 Å². The monoisotopic (exact) mass is 402 g/mol. The van der Waals surface area contributed by atoms with Crippen molar-refractivity contribution in [3.8, 4) is 12.3 Å². The maximum atomic E-state index is 13.2. The molecule has 30 heavy (non-hydrogen) atoms. The second-order valence-electron chi connectivity index (χ2n) is 7.80. The van der Waals surface area contributed by atoms with Gasteiger partial charge < -0.3 is 0 Å². The number of benzene rings is 2. The van der Waals surface area contributed by atoms with Gasteiger partial charge in [-0.3, -0.25) is 29.0 Å². The smallest absolute Gasteiger partial charge is 0.262 e. The SMILES string of the molecule is C#CCN1C(=O)c2ccc3c4c(ccc(c24)C1=O)C(=O)N([C@@H](C)CCCCC)C3=O. The van der Waals surface area contributed by atoms with Gasteiger partial charge in [0.2, 0.25) is 0 Å². The van der Waals surface area contributed by atoms with Crippen molar-refractivity contribution in [3.63, 3.8) is 0 Å². The second-order valence-corrected chi connectivity index (χ2v) is 7.80. The first-order valence-corrected chi connectivity index (χ1v) is 10.2. The molecule has 2 aliphatic heterocycles. The van der Waals surface area contributed by atoms with Crippen LogP contribution in [0.15, 0.2) is 24.3 Å². The molecule has 0 N–H and O–H groups in total. The van der Waals surface area contributed by atoms with Gasteiger partial charge in [-0.1, -0.05) is 32.1 Å². The van der Waals surface area contributed by atoms with E-state index in [1.807, 2.05) is 6.92 Å². The molecule has 2 aliphatic rings. The summed E-state index contributed by atoms with van der Waals surface area (Å²) in [6.07, 6.45) is 9.08. The normalized spacial score (nSPS) is 16.3. The number of imide groups is 2. The Balaban J connectivity index is 1.86. The number of terminal acetylenes is 1. The Bertz CT molecular complexity index is 1090. The molecule has 6 nitrogen and oxygen atoms in total. The summed E-state index contributed by atoms with van der Waals surface area (Å²) in [5.41, 5.74) is 1.26. The molecule has 0 saturated heterocycles. The standard InChI is InChI=1S/C24H22N2O4/c1-4-6-7-8-14(3)26-23(29)17-11-9-15-19-16(10-12-18(20(17)19)24(26)30)22(28)25(13-5-2)21(15)27/h2,9-12,14H,4,6-8,13H2,1,3H3/t14-/m0/s1. The Labute approximate surface area is 174 Å². The Morgan fingerprint density at radius 3 is 1.73 bits per heavy atom. The van der Waals surface area contributed by atoms with E-state index < -0.39 is 11.8 Å². The zero-order chi connectivity index (χ0) is 21.6. The van der Waals surface area contributed by atoms with E-state index in [-0.39, 0.29) is 35.5 Å². The summed E-state index contributed by atoms with van der Waals surface area (Å²) < 4.78 is 0. The molecular formula is C24H22N2O4.